The Hall–Kier alpha value is -2.53. The van der Waals surface area contributed by atoms with Gasteiger partial charge in [0, 0.05) is 31.2 Å². The SMILES string of the molecule is Cc1ccc(CNC(=O)C2CCN(C(=O)c3ccccc3N)CC2)cc1.Cl. The van der Waals surface area contributed by atoms with Crippen molar-refractivity contribution >= 4 is 29.9 Å². The summed E-state index contributed by atoms with van der Waals surface area (Å²) in [7, 11) is 0. The summed E-state index contributed by atoms with van der Waals surface area (Å²) in [6, 6.07) is 15.3. The van der Waals surface area contributed by atoms with Crippen LogP contribution in [0.1, 0.15) is 34.3 Å². The van der Waals surface area contributed by atoms with E-state index in [1.165, 1.54) is 5.56 Å². The Morgan fingerprint density at radius 2 is 1.70 bits per heavy atom. The highest BCUT2D eigenvalue weighted by molar-refractivity contribution is 5.99. The van der Waals surface area contributed by atoms with E-state index in [0.29, 0.717) is 43.7 Å². The summed E-state index contributed by atoms with van der Waals surface area (Å²) in [5.41, 5.74) is 9.23. The molecule has 0 atom stereocenters. The minimum absolute atomic E-state index is 0. The molecule has 1 fully saturated rings. The van der Waals surface area contributed by atoms with Crippen LogP contribution in [0.3, 0.4) is 0 Å². The quantitative estimate of drug-likeness (QED) is 0.791. The van der Waals surface area contributed by atoms with Crippen LogP contribution in [0.15, 0.2) is 48.5 Å². The number of hydrogen-bond acceptors (Lipinski definition) is 3. The van der Waals surface area contributed by atoms with Crippen molar-refractivity contribution < 1.29 is 9.59 Å². The number of carbonyl (C=O) groups excluding carboxylic acids is 2. The molecular weight excluding hydrogens is 362 g/mol. The molecule has 6 heteroatoms. The molecule has 2 aromatic rings. The molecule has 1 saturated heterocycles. The fourth-order valence-electron chi connectivity index (χ4n) is 3.25. The minimum Gasteiger partial charge on any atom is -0.398 e. The molecule has 1 aliphatic heterocycles. The van der Waals surface area contributed by atoms with Crippen LogP contribution in [0.2, 0.25) is 0 Å². The third-order valence-corrected chi connectivity index (χ3v) is 4.93. The van der Waals surface area contributed by atoms with E-state index in [9.17, 15) is 9.59 Å². The van der Waals surface area contributed by atoms with E-state index >= 15 is 0 Å². The van der Waals surface area contributed by atoms with Crippen LogP contribution in [-0.2, 0) is 11.3 Å². The lowest BCUT2D eigenvalue weighted by atomic mass is 9.95. The molecule has 0 spiro atoms. The molecule has 3 rings (SSSR count). The van der Waals surface area contributed by atoms with Crippen molar-refractivity contribution in [1.29, 1.82) is 0 Å². The second-order valence-electron chi connectivity index (χ2n) is 6.86. The second kappa shape index (κ2) is 9.42. The molecule has 0 bridgehead atoms. The Balaban J connectivity index is 0.00000261. The molecule has 0 radical (unpaired) electrons. The lowest BCUT2D eigenvalue weighted by Gasteiger charge is -2.31. The van der Waals surface area contributed by atoms with E-state index in [1.807, 2.05) is 43.3 Å². The Morgan fingerprint density at radius 1 is 1.07 bits per heavy atom. The number of piperidine rings is 1. The second-order valence-corrected chi connectivity index (χ2v) is 6.86. The fraction of sp³-hybridized carbons (Fsp3) is 0.333. The molecule has 0 aromatic heterocycles. The monoisotopic (exact) mass is 387 g/mol. The molecule has 1 heterocycles. The van der Waals surface area contributed by atoms with Crippen molar-refractivity contribution in [2.75, 3.05) is 18.8 Å². The van der Waals surface area contributed by atoms with E-state index in [-0.39, 0.29) is 30.1 Å². The standard InChI is InChI=1S/C21H25N3O2.ClH/c1-15-6-8-16(9-7-15)14-23-20(25)17-10-12-24(13-11-17)21(26)18-4-2-3-5-19(18)22;/h2-9,17H,10-14,22H2,1H3,(H,23,25);1H. The smallest absolute Gasteiger partial charge is 0.255 e. The number of para-hydroxylation sites is 1. The van der Waals surface area contributed by atoms with Gasteiger partial charge in [-0.05, 0) is 37.5 Å². The van der Waals surface area contributed by atoms with Crippen LogP contribution in [0.4, 0.5) is 5.69 Å². The molecule has 0 saturated carbocycles. The average molecular weight is 388 g/mol. The van der Waals surface area contributed by atoms with Crippen LogP contribution < -0.4 is 11.1 Å². The van der Waals surface area contributed by atoms with Gasteiger partial charge in [-0.25, -0.2) is 0 Å². The lowest BCUT2D eigenvalue weighted by Crippen LogP contribution is -2.43. The highest BCUT2D eigenvalue weighted by Crippen LogP contribution is 2.21. The van der Waals surface area contributed by atoms with E-state index in [0.717, 1.165) is 5.56 Å². The topological polar surface area (TPSA) is 75.4 Å². The predicted molar refractivity (Wildman–Crippen MR) is 110 cm³/mol. The zero-order chi connectivity index (χ0) is 18.5. The molecule has 5 nitrogen and oxygen atoms in total. The van der Waals surface area contributed by atoms with Gasteiger partial charge in [0.1, 0.15) is 0 Å². The number of nitrogen functional groups attached to an aromatic ring is 1. The molecule has 2 aromatic carbocycles. The van der Waals surface area contributed by atoms with E-state index < -0.39 is 0 Å². The van der Waals surface area contributed by atoms with Gasteiger partial charge in [0.2, 0.25) is 5.91 Å². The number of halogens is 1. The van der Waals surface area contributed by atoms with Gasteiger partial charge < -0.3 is 16.0 Å². The number of nitrogens with zero attached hydrogens (tertiary/aromatic N) is 1. The maximum atomic E-state index is 12.6. The molecule has 1 aliphatic rings. The van der Waals surface area contributed by atoms with Crippen molar-refractivity contribution in [3.8, 4) is 0 Å². The van der Waals surface area contributed by atoms with Crippen LogP contribution in [0.5, 0.6) is 0 Å². The fourth-order valence-corrected chi connectivity index (χ4v) is 3.25. The van der Waals surface area contributed by atoms with E-state index in [1.54, 1.807) is 17.0 Å². The molecule has 27 heavy (non-hydrogen) atoms. The van der Waals surface area contributed by atoms with Crippen LogP contribution in [0.25, 0.3) is 0 Å². The lowest BCUT2D eigenvalue weighted by molar-refractivity contribution is -0.126. The number of anilines is 1. The zero-order valence-electron chi connectivity index (χ0n) is 15.5. The number of nitrogens with two attached hydrogens (primary N) is 1. The zero-order valence-corrected chi connectivity index (χ0v) is 16.3. The average Bonchev–Trinajstić information content (AvgIpc) is 2.67. The van der Waals surface area contributed by atoms with Crippen LogP contribution in [-0.4, -0.2) is 29.8 Å². The molecule has 0 unspecified atom stereocenters. The first-order valence-corrected chi connectivity index (χ1v) is 9.01. The minimum atomic E-state index is -0.0541. The Morgan fingerprint density at radius 3 is 2.33 bits per heavy atom. The third-order valence-electron chi connectivity index (χ3n) is 4.93. The summed E-state index contributed by atoms with van der Waals surface area (Å²) in [6.45, 7) is 3.74. The first-order valence-electron chi connectivity index (χ1n) is 9.01. The summed E-state index contributed by atoms with van der Waals surface area (Å²) < 4.78 is 0. The van der Waals surface area contributed by atoms with Gasteiger partial charge in [-0.3, -0.25) is 9.59 Å². The summed E-state index contributed by atoms with van der Waals surface area (Å²) in [5, 5.41) is 3.01. The summed E-state index contributed by atoms with van der Waals surface area (Å²) in [6.07, 6.45) is 1.36. The summed E-state index contributed by atoms with van der Waals surface area (Å²) >= 11 is 0. The number of carbonyl (C=O) groups is 2. The van der Waals surface area contributed by atoms with Gasteiger partial charge in [-0.15, -0.1) is 12.4 Å². The molecule has 144 valence electrons. The normalized spacial score (nSPS) is 14.3. The van der Waals surface area contributed by atoms with Gasteiger partial charge >= 0.3 is 0 Å². The van der Waals surface area contributed by atoms with E-state index in [4.69, 9.17) is 5.73 Å². The van der Waals surface area contributed by atoms with Gasteiger partial charge in [0.05, 0.1) is 5.56 Å². The highest BCUT2D eigenvalue weighted by atomic mass is 35.5. The molecule has 3 N–H and O–H groups in total. The molecule has 0 aliphatic carbocycles. The Kier molecular flexibility index (Phi) is 7.25. The van der Waals surface area contributed by atoms with Gasteiger partial charge in [-0.1, -0.05) is 42.0 Å². The van der Waals surface area contributed by atoms with Crippen LogP contribution >= 0.6 is 12.4 Å². The number of benzene rings is 2. The van der Waals surface area contributed by atoms with Crippen molar-refractivity contribution in [2.24, 2.45) is 5.92 Å². The van der Waals surface area contributed by atoms with Crippen molar-refractivity contribution in [3.05, 3.63) is 65.2 Å². The summed E-state index contributed by atoms with van der Waals surface area (Å²) in [4.78, 5) is 26.8. The first-order chi connectivity index (χ1) is 12.5. The molecular formula is C21H26ClN3O2. The van der Waals surface area contributed by atoms with Crippen LogP contribution in [0, 0.1) is 12.8 Å². The Labute approximate surface area is 166 Å². The number of likely N-dealkylation sites (tertiary alicyclic amines) is 1. The number of nitrogens with one attached hydrogen (secondary N) is 1. The van der Waals surface area contributed by atoms with E-state index in [2.05, 4.69) is 5.32 Å². The third kappa shape index (κ3) is 5.23. The number of hydrogen-bond donors (Lipinski definition) is 2. The van der Waals surface area contributed by atoms with Crippen molar-refractivity contribution in [2.45, 2.75) is 26.3 Å². The predicted octanol–water partition coefficient (Wildman–Crippen LogP) is 3.17. The van der Waals surface area contributed by atoms with Gasteiger partial charge in [-0.2, -0.15) is 0 Å². The number of aryl methyl sites for hydroxylation is 1. The number of amides is 2. The van der Waals surface area contributed by atoms with Gasteiger partial charge in [0.25, 0.3) is 5.91 Å². The maximum absolute atomic E-state index is 12.6. The van der Waals surface area contributed by atoms with Crippen molar-refractivity contribution in [3.63, 3.8) is 0 Å². The highest BCUT2D eigenvalue weighted by Gasteiger charge is 2.28. The number of rotatable bonds is 4. The van der Waals surface area contributed by atoms with Gasteiger partial charge in [0.15, 0.2) is 0 Å². The first kappa shape index (κ1) is 20.8. The largest absolute Gasteiger partial charge is 0.398 e. The van der Waals surface area contributed by atoms with Crippen molar-refractivity contribution in [1.82, 2.24) is 10.2 Å². The Bertz CT molecular complexity index is 784. The maximum Gasteiger partial charge on any atom is 0.255 e. The molecule has 2 amide bonds. The summed E-state index contributed by atoms with van der Waals surface area (Å²) in [5.74, 6) is -0.0314.